The van der Waals surface area contributed by atoms with Gasteiger partial charge in [-0.1, -0.05) is 12.7 Å². The molecule has 0 radical (unpaired) electrons. The summed E-state index contributed by atoms with van der Waals surface area (Å²) in [5.74, 6) is 0.0161. The zero-order valence-electron chi connectivity index (χ0n) is 13.9. The van der Waals surface area contributed by atoms with Crippen LogP contribution >= 0.6 is 0 Å². The van der Waals surface area contributed by atoms with Crippen molar-refractivity contribution in [1.82, 2.24) is 20.3 Å². The van der Waals surface area contributed by atoms with Crippen molar-refractivity contribution in [3.8, 4) is 0 Å². The number of alkyl halides is 3. The third-order valence-corrected chi connectivity index (χ3v) is 3.84. The zero-order valence-corrected chi connectivity index (χ0v) is 13.9. The lowest BCUT2D eigenvalue weighted by atomic mass is 9.98. The predicted molar refractivity (Wildman–Crippen MR) is 88.7 cm³/mol. The first kappa shape index (κ1) is 19.0. The summed E-state index contributed by atoms with van der Waals surface area (Å²) in [5, 5.41) is 6.65. The standard InChI is InChI=1S/C15H21F3N6O/c1-3-11-12(19-2)21-9-22-13(11)23-24-6-4-5-10(7-24)14(25)20-8-15(16,17)18/h3,9-10H,1,4-8H2,2H3,(H,20,25)(H2,19,21,22,23). The number of amides is 1. The Bertz CT molecular complexity index is 622. The van der Waals surface area contributed by atoms with Crippen LogP contribution in [0.4, 0.5) is 24.8 Å². The Hall–Kier alpha value is -2.36. The van der Waals surface area contributed by atoms with E-state index in [1.807, 2.05) is 5.32 Å². The Morgan fingerprint density at radius 2 is 2.16 bits per heavy atom. The molecule has 0 aliphatic carbocycles. The fraction of sp³-hybridized carbons (Fsp3) is 0.533. The second-order valence-electron chi connectivity index (χ2n) is 5.67. The van der Waals surface area contributed by atoms with E-state index in [1.165, 1.54) is 6.33 Å². The van der Waals surface area contributed by atoms with Gasteiger partial charge in [0.25, 0.3) is 0 Å². The van der Waals surface area contributed by atoms with E-state index in [2.05, 4.69) is 27.3 Å². The molecule has 1 unspecified atom stereocenters. The molecule has 1 aromatic heterocycles. The first-order valence-electron chi connectivity index (χ1n) is 7.85. The number of nitrogens with zero attached hydrogens (tertiary/aromatic N) is 3. The first-order chi connectivity index (χ1) is 11.8. The molecule has 2 heterocycles. The molecule has 2 rings (SSSR count). The van der Waals surface area contributed by atoms with Crippen molar-refractivity contribution in [3.63, 3.8) is 0 Å². The van der Waals surface area contributed by atoms with Crippen LogP contribution in [0.5, 0.6) is 0 Å². The van der Waals surface area contributed by atoms with Gasteiger partial charge in [-0.3, -0.25) is 4.79 Å². The molecule has 1 fully saturated rings. The van der Waals surface area contributed by atoms with Crippen LogP contribution < -0.4 is 16.1 Å². The lowest BCUT2D eigenvalue weighted by molar-refractivity contribution is -0.141. The smallest absolute Gasteiger partial charge is 0.372 e. The molecule has 1 aliphatic heterocycles. The van der Waals surface area contributed by atoms with E-state index in [0.29, 0.717) is 43.1 Å². The highest BCUT2D eigenvalue weighted by Crippen LogP contribution is 2.23. The molecule has 1 aliphatic rings. The maximum absolute atomic E-state index is 12.2. The van der Waals surface area contributed by atoms with E-state index in [4.69, 9.17) is 0 Å². The van der Waals surface area contributed by atoms with Crippen LogP contribution in [0.25, 0.3) is 6.08 Å². The van der Waals surface area contributed by atoms with Crippen LogP contribution in [0, 0.1) is 5.92 Å². The summed E-state index contributed by atoms with van der Waals surface area (Å²) in [4.78, 5) is 20.2. The summed E-state index contributed by atoms with van der Waals surface area (Å²) < 4.78 is 36.7. The van der Waals surface area contributed by atoms with Crippen molar-refractivity contribution >= 4 is 23.6 Å². The number of hydrazine groups is 1. The van der Waals surface area contributed by atoms with Crippen molar-refractivity contribution in [2.45, 2.75) is 19.0 Å². The summed E-state index contributed by atoms with van der Waals surface area (Å²) >= 11 is 0. The van der Waals surface area contributed by atoms with E-state index in [9.17, 15) is 18.0 Å². The molecule has 10 heteroatoms. The SMILES string of the molecule is C=Cc1c(NC)ncnc1NN1CCCC(C(=O)NCC(F)(F)F)C1. The minimum Gasteiger partial charge on any atom is -0.372 e. The average Bonchev–Trinajstić information content (AvgIpc) is 2.59. The maximum Gasteiger partial charge on any atom is 0.405 e. The average molecular weight is 358 g/mol. The highest BCUT2D eigenvalue weighted by atomic mass is 19.4. The molecular weight excluding hydrogens is 337 g/mol. The van der Waals surface area contributed by atoms with Gasteiger partial charge in [-0.15, -0.1) is 0 Å². The number of anilines is 2. The lowest BCUT2D eigenvalue weighted by Crippen LogP contribution is -2.47. The number of hydrogen-bond acceptors (Lipinski definition) is 6. The van der Waals surface area contributed by atoms with Crippen LogP contribution in [0.15, 0.2) is 12.9 Å². The number of aromatic nitrogens is 2. The zero-order chi connectivity index (χ0) is 18.4. The fourth-order valence-electron chi connectivity index (χ4n) is 2.65. The third kappa shape index (κ3) is 5.31. The van der Waals surface area contributed by atoms with Gasteiger partial charge in [0.15, 0.2) is 5.82 Å². The quantitative estimate of drug-likeness (QED) is 0.720. The van der Waals surface area contributed by atoms with Gasteiger partial charge in [-0.2, -0.15) is 13.2 Å². The van der Waals surface area contributed by atoms with E-state index in [0.717, 1.165) is 0 Å². The van der Waals surface area contributed by atoms with Gasteiger partial charge in [0.05, 0.1) is 11.5 Å². The number of carbonyl (C=O) groups is 1. The highest BCUT2D eigenvalue weighted by Gasteiger charge is 2.31. The van der Waals surface area contributed by atoms with Crippen LogP contribution in [0.2, 0.25) is 0 Å². The van der Waals surface area contributed by atoms with Crippen LogP contribution in [0.3, 0.4) is 0 Å². The van der Waals surface area contributed by atoms with Crippen LogP contribution in [-0.2, 0) is 4.79 Å². The monoisotopic (exact) mass is 358 g/mol. The maximum atomic E-state index is 12.2. The Morgan fingerprint density at radius 3 is 2.80 bits per heavy atom. The summed E-state index contributed by atoms with van der Waals surface area (Å²) in [6, 6.07) is 0. The Balaban J connectivity index is 2.00. The summed E-state index contributed by atoms with van der Waals surface area (Å²) in [6.45, 7) is 3.37. The number of carbonyl (C=O) groups excluding carboxylic acids is 1. The third-order valence-electron chi connectivity index (χ3n) is 3.84. The topological polar surface area (TPSA) is 82.2 Å². The van der Waals surface area contributed by atoms with Crippen molar-refractivity contribution in [2.75, 3.05) is 37.4 Å². The molecule has 1 aromatic rings. The molecule has 1 atom stereocenters. The normalized spacial score (nSPS) is 18.5. The molecule has 0 bridgehead atoms. The van der Waals surface area contributed by atoms with Gasteiger partial charge < -0.3 is 16.1 Å². The van der Waals surface area contributed by atoms with Crippen molar-refractivity contribution < 1.29 is 18.0 Å². The van der Waals surface area contributed by atoms with E-state index in [-0.39, 0.29) is 0 Å². The lowest BCUT2D eigenvalue weighted by Gasteiger charge is -2.32. The second kappa shape index (κ2) is 8.15. The van der Waals surface area contributed by atoms with Gasteiger partial charge in [0.1, 0.15) is 18.7 Å². The van der Waals surface area contributed by atoms with E-state index in [1.54, 1.807) is 18.1 Å². The number of halogens is 3. The Morgan fingerprint density at radius 1 is 1.44 bits per heavy atom. The molecule has 3 N–H and O–H groups in total. The number of hydrogen-bond donors (Lipinski definition) is 3. The minimum atomic E-state index is -4.41. The molecule has 0 spiro atoms. The minimum absolute atomic E-state index is 0.291. The van der Waals surface area contributed by atoms with Crippen LogP contribution in [-0.4, -0.2) is 53.7 Å². The van der Waals surface area contributed by atoms with Gasteiger partial charge in [0, 0.05) is 20.1 Å². The Labute approximate surface area is 143 Å². The molecule has 0 aromatic carbocycles. The van der Waals surface area contributed by atoms with E-state index < -0.39 is 24.5 Å². The van der Waals surface area contributed by atoms with E-state index >= 15 is 0 Å². The van der Waals surface area contributed by atoms with Crippen molar-refractivity contribution in [1.29, 1.82) is 0 Å². The van der Waals surface area contributed by atoms with Gasteiger partial charge in [-0.05, 0) is 12.8 Å². The van der Waals surface area contributed by atoms with Crippen molar-refractivity contribution in [3.05, 3.63) is 18.5 Å². The molecular formula is C15H21F3N6O. The molecule has 1 amide bonds. The molecule has 25 heavy (non-hydrogen) atoms. The number of nitrogens with one attached hydrogen (secondary N) is 3. The summed E-state index contributed by atoms with van der Waals surface area (Å²) in [6.07, 6.45) is -0.192. The summed E-state index contributed by atoms with van der Waals surface area (Å²) in [7, 11) is 1.72. The van der Waals surface area contributed by atoms with Gasteiger partial charge >= 0.3 is 6.18 Å². The van der Waals surface area contributed by atoms with Crippen molar-refractivity contribution in [2.24, 2.45) is 5.92 Å². The molecule has 1 saturated heterocycles. The summed E-state index contributed by atoms with van der Waals surface area (Å²) in [5.41, 5.74) is 3.78. The van der Waals surface area contributed by atoms with Gasteiger partial charge in [0.2, 0.25) is 5.91 Å². The second-order valence-corrected chi connectivity index (χ2v) is 5.67. The van der Waals surface area contributed by atoms with Gasteiger partial charge in [-0.25, -0.2) is 15.0 Å². The molecule has 7 nitrogen and oxygen atoms in total. The molecule has 0 saturated carbocycles. The largest absolute Gasteiger partial charge is 0.405 e. The fourth-order valence-corrected chi connectivity index (χ4v) is 2.65. The number of rotatable bonds is 6. The highest BCUT2D eigenvalue weighted by molar-refractivity contribution is 5.79. The predicted octanol–water partition coefficient (Wildman–Crippen LogP) is 1.88. The Kier molecular flexibility index (Phi) is 6.18. The number of piperidine rings is 1. The van der Waals surface area contributed by atoms with Crippen LogP contribution in [0.1, 0.15) is 18.4 Å². The molecule has 138 valence electrons. The first-order valence-corrected chi connectivity index (χ1v) is 7.85.